The molecule has 3 rings (SSSR count). The minimum atomic E-state index is -0.460. The van der Waals surface area contributed by atoms with E-state index in [0.717, 1.165) is 31.1 Å². The van der Waals surface area contributed by atoms with Gasteiger partial charge in [-0.15, -0.1) is 0 Å². The molecule has 1 aromatic carbocycles. The van der Waals surface area contributed by atoms with Gasteiger partial charge < -0.3 is 10.6 Å². The molecule has 2 aromatic rings. The summed E-state index contributed by atoms with van der Waals surface area (Å²) in [5.74, 6) is 0.0422. The number of non-ortho nitro benzene ring substituents is 1. The van der Waals surface area contributed by atoms with E-state index in [-0.39, 0.29) is 17.3 Å². The van der Waals surface area contributed by atoms with Crippen molar-refractivity contribution in [2.45, 2.75) is 19.3 Å². The molecular weight excluding hydrogens is 340 g/mol. The predicted octanol–water partition coefficient (Wildman–Crippen LogP) is 3.52. The van der Waals surface area contributed by atoms with Crippen LogP contribution in [0.1, 0.15) is 34.5 Å². The Bertz CT molecular complexity index is 808. The summed E-state index contributed by atoms with van der Waals surface area (Å²) in [5, 5.41) is 11.4. The Morgan fingerprint density at radius 3 is 2.56 bits per heavy atom. The number of aromatic nitrogens is 1. The number of anilines is 2. The van der Waals surface area contributed by atoms with Crippen LogP contribution in [0.3, 0.4) is 0 Å². The predicted molar refractivity (Wildman–Crippen MR) is 99.1 cm³/mol. The second kappa shape index (κ2) is 7.43. The van der Waals surface area contributed by atoms with Gasteiger partial charge in [-0.3, -0.25) is 14.9 Å². The lowest BCUT2D eigenvalue weighted by Gasteiger charge is -2.25. The molecule has 0 unspecified atom stereocenters. The fourth-order valence-electron chi connectivity index (χ4n) is 2.67. The van der Waals surface area contributed by atoms with Crippen molar-refractivity contribution in [2.24, 2.45) is 0 Å². The summed E-state index contributed by atoms with van der Waals surface area (Å²) in [4.78, 5) is 29.5. The second-order valence-corrected chi connectivity index (χ2v) is 6.78. The molecule has 1 saturated heterocycles. The van der Waals surface area contributed by atoms with Gasteiger partial charge in [-0.25, -0.2) is 4.98 Å². The zero-order valence-corrected chi connectivity index (χ0v) is 14.4. The highest BCUT2D eigenvalue weighted by Crippen LogP contribution is 2.30. The molecule has 2 N–H and O–H groups in total. The summed E-state index contributed by atoms with van der Waals surface area (Å²) >= 11 is 1.32. The van der Waals surface area contributed by atoms with Gasteiger partial charge in [0.15, 0.2) is 10.9 Å². The number of ketones is 1. The Hall–Kier alpha value is -2.74. The summed E-state index contributed by atoms with van der Waals surface area (Å²) in [6.45, 7) is 1.89. The molecule has 0 bridgehead atoms. The molecule has 1 aromatic heterocycles. The number of nitrogens with zero attached hydrogens (tertiary/aromatic N) is 3. The van der Waals surface area contributed by atoms with Crippen molar-refractivity contribution in [1.29, 1.82) is 0 Å². The van der Waals surface area contributed by atoms with Crippen LogP contribution < -0.4 is 10.6 Å². The zero-order chi connectivity index (χ0) is 17.8. The van der Waals surface area contributed by atoms with E-state index in [1.807, 2.05) is 0 Å². The van der Waals surface area contributed by atoms with E-state index in [1.54, 1.807) is 18.2 Å². The van der Waals surface area contributed by atoms with Crippen molar-refractivity contribution in [2.75, 3.05) is 23.7 Å². The Labute approximate surface area is 148 Å². The van der Waals surface area contributed by atoms with Gasteiger partial charge >= 0.3 is 0 Å². The van der Waals surface area contributed by atoms with Crippen LogP contribution in [0.25, 0.3) is 6.08 Å². The molecule has 1 aliphatic rings. The van der Waals surface area contributed by atoms with Gasteiger partial charge in [0.05, 0.1) is 4.92 Å². The fraction of sp³-hybridized carbons (Fsp3) is 0.294. The molecule has 0 amide bonds. The normalized spacial score (nSPS) is 14.8. The quantitative estimate of drug-likeness (QED) is 0.380. The highest BCUT2D eigenvalue weighted by atomic mass is 32.1. The van der Waals surface area contributed by atoms with Crippen LogP contribution in [0.4, 0.5) is 16.6 Å². The molecule has 1 fully saturated rings. The largest absolute Gasteiger partial charge is 0.382 e. The van der Waals surface area contributed by atoms with Crippen molar-refractivity contribution in [3.05, 3.63) is 50.9 Å². The number of carbonyl (C=O) groups excluding carboxylic acids is 1. The maximum absolute atomic E-state index is 12.4. The number of nitro benzene ring substituents is 1. The molecule has 0 saturated carbocycles. The third kappa shape index (κ3) is 4.03. The zero-order valence-electron chi connectivity index (χ0n) is 13.6. The first-order valence-electron chi connectivity index (χ1n) is 8.03. The molecule has 0 radical (unpaired) electrons. The molecule has 8 heteroatoms. The average Bonchev–Trinajstić information content (AvgIpc) is 3.02. The lowest BCUT2D eigenvalue weighted by atomic mass is 10.1. The average molecular weight is 358 g/mol. The van der Waals surface area contributed by atoms with Crippen LogP contribution in [0.15, 0.2) is 30.3 Å². The minimum absolute atomic E-state index is 0.0151. The number of hydrogen-bond acceptors (Lipinski definition) is 7. The lowest BCUT2D eigenvalue weighted by molar-refractivity contribution is -0.384. The number of rotatable bonds is 5. The smallest absolute Gasteiger partial charge is 0.269 e. The summed E-state index contributed by atoms with van der Waals surface area (Å²) < 4.78 is 0. The molecular formula is C17H18N4O3S. The van der Waals surface area contributed by atoms with E-state index in [9.17, 15) is 14.9 Å². The number of hydrogen-bond donors (Lipinski definition) is 1. The lowest BCUT2D eigenvalue weighted by Crippen LogP contribution is -2.29. The van der Waals surface area contributed by atoms with Crippen LogP contribution >= 0.6 is 11.3 Å². The monoisotopic (exact) mass is 358 g/mol. The Balaban J connectivity index is 1.72. The van der Waals surface area contributed by atoms with Crippen molar-refractivity contribution in [3.63, 3.8) is 0 Å². The van der Waals surface area contributed by atoms with Gasteiger partial charge in [-0.1, -0.05) is 17.4 Å². The third-order valence-corrected chi connectivity index (χ3v) is 5.17. The number of allylic oxidation sites excluding steroid dienone is 1. The van der Waals surface area contributed by atoms with Crippen molar-refractivity contribution in [1.82, 2.24) is 4.98 Å². The maximum Gasteiger partial charge on any atom is 0.269 e. The molecule has 0 atom stereocenters. The van der Waals surface area contributed by atoms with E-state index in [1.165, 1.54) is 36.0 Å². The fourth-order valence-corrected chi connectivity index (χ4v) is 3.63. The number of benzene rings is 1. The highest BCUT2D eigenvalue weighted by molar-refractivity contribution is 7.18. The van der Waals surface area contributed by atoms with Crippen molar-refractivity contribution in [3.8, 4) is 0 Å². The number of thiazole rings is 1. The summed E-state index contributed by atoms with van der Waals surface area (Å²) in [6, 6.07) is 5.99. The van der Waals surface area contributed by atoms with E-state index < -0.39 is 4.92 Å². The molecule has 1 aliphatic heterocycles. The van der Waals surface area contributed by atoms with E-state index in [2.05, 4.69) is 9.88 Å². The molecule has 0 aliphatic carbocycles. The summed E-state index contributed by atoms with van der Waals surface area (Å²) in [5.41, 5.74) is 6.64. The van der Waals surface area contributed by atoms with Crippen LogP contribution in [-0.4, -0.2) is 28.8 Å². The number of nitro groups is 1. The van der Waals surface area contributed by atoms with Crippen LogP contribution in [0.2, 0.25) is 0 Å². The number of carbonyl (C=O) groups is 1. The molecule has 130 valence electrons. The van der Waals surface area contributed by atoms with E-state index in [0.29, 0.717) is 10.4 Å². The number of nitrogen functional groups attached to an aromatic ring is 1. The van der Waals surface area contributed by atoms with Gasteiger partial charge in [0.1, 0.15) is 10.7 Å². The second-order valence-electron chi connectivity index (χ2n) is 5.80. The van der Waals surface area contributed by atoms with Gasteiger partial charge in [0.25, 0.3) is 5.69 Å². The Kier molecular flexibility index (Phi) is 5.08. The van der Waals surface area contributed by atoms with Crippen molar-refractivity contribution >= 4 is 39.8 Å². The van der Waals surface area contributed by atoms with E-state index >= 15 is 0 Å². The topological polar surface area (TPSA) is 102 Å². The van der Waals surface area contributed by atoms with Gasteiger partial charge in [0, 0.05) is 25.2 Å². The molecule has 0 spiro atoms. The summed E-state index contributed by atoms with van der Waals surface area (Å²) in [7, 11) is 0. The maximum atomic E-state index is 12.4. The van der Waals surface area contributed by atoms with Gasteiger partial charge in [-0.2, -0.15) is 0 Å². The molecule has 7 nitrogen and oxygen atoms in total. The van der Waals surface area contributed by atoms with E-state index in [4.69, 9.17) is 5.73 Å². The Morgan fingerprint density at radius 2 is 1.92 bits per heavy atom. The van der Waals surface area contributed by atoms with Crippen LogP contribution in [0.5, 0.6) is 0 Å². The van der Waals surface area contributed by atoms with Gasteiger partial charge in [0.2, 0.25) is 0 Å². The highest BCUT2D eigenvalue weighted by Gasteiger charge is 2.19. The third-order valence-electron chi connectivity index (χ3n) is 4.02. The first-order valence-corrected chi connectivity index (χ1v) is 8.84. The Morgan fingerprint density at radius 1 is 1.24 bits per heavy atom. The first kappa shape index (κ1) is 17.1. The SMILES string of the molecule is Nc1nc(N2CCCCC2)sc1C(=O)/C=C/c1ccc([N+](=O)[O-])cc1. The first-order chi connectivity index (χ1) is 12.0. The summed E-state index contributed by atoms with van der Waals surface area (Å²) in [6.07, 6.45) is 6.52. The van der Waals surface area contributed by atoms with Crippen molar-refractivity contribution < 1.29 is 9.72 Å². The van der Waals surface area contributed by atoms with Gasteiger partial charge in [-0.05, 0) is 43.0 Å². The van der Waals surface area contributed by atoms with Crippen LogP contribution in [-0.2, 0) is 0 Å². The van der Waals surface area contributed by atoms with Crippen LogP contribution in [0, 0.1) is 10.1 Å². The molecule has 2 heterocycles. The number of nitrogens with two attached hydrogens (primary N) is 1. The molecule has 25 heavy (non-hydrogen) atoms. The standard InChI is InChI=1S/C17H18N4O3S/c18-16-15(25-17(19-16)20-10-2-1-3-11-20)14(22)9-6-12-4-7-13(8-5-12)21(23)24/h4-9H,1-3,10-11,18H2/b9-6+. The minimum Gasteiger partial charge on any atom is -0.382 e. The number of piperidine rings is 1.